The summed E-state index contributed by atoms with van der Waals surface area (Å²) < 4.78 is 2.02. The molecule has 0 N–H and O–H groups in total. The number of carbonyl (C=O) groups is 1. The number of aldehydes is 1. The Morgan fingerprint density at radius 3 is 2.72 bits per heavy atom. The van der Waals surface area contributed by atoms with Gasteiger partial charge in [-0.1, -0.05) is 36.4 Å². The van der Waals surface area contributed by atoms with Crippen LogP contribution in [0.5, 0.6) is 0 Å². The van der Waals surface area contributed by atoms with Crippen LogP contribution in [-0.4, -0.2) is 15.7 Å². The van der Waals surface area contributed by atoms with Gasteiger partial charge in [0.05, 0.1) is 11.7 Å². The molecule has 0 aliphatic heterocycles. The summed E-state index contributed by atoms with van der Waals surface area (Å²) in [4.78, 5) is 15.0. The van der Waals surface area contributed by atoms with Gasteiger partial charge in [0.15, 0.2) is 0 Å². The molecule has 0 atom stereocenters. The third-order valence-corrected chi connectivity index (χ3v) is 2.94. The topological polar surface area (TPSA) is 34.4 Å². The lowest BCUT2D eigenvalue weighted by molar-refractivity contribution is -0.107. The minimum Gasteiger partial charge on any atom is -0.303 e. The molecule has 3 rings (SSSR count). The fourth-order valence-corrected chi connectivity index (χ4v) is 2.05. The smallest absolute Gasteiger partial charge is 0.144 e. The predicted molar refractivity (Wildman–Crippen MR) is 70.4 cm³/mol. The van der Waals surface area contributed by atoms with Gasteiger partial charge < -0.3 is 4.79 Å². The fourth-order valence-electron chi connectivity index (χ4n) is 2.05. The number of carbonyl (C=O) groups excluding carboxylic acids is 1. The molecule has 0 fully saturated rings. The zero-order valence-electron chi connectivity index (χ0n) is 9.78. The fraction of sp³-hybridized carbons (Fsp3) is 0.0667. The lowest BCUT2D eigenvalue weighted by Gasteiger charge is -2.03. The largest absolute Gasteiger partial charge is 0.303 e. The second kappa shape index (κ2) is 4.45. The highest BCUT2D eigenvalue weighted by Gasteiger charge is 2.06. The molecule has 18 heavy (non-hydrogen) atoms. The summed E-state index contributed by atoms with van der Waals surface area (Å²) in [6, 6.07) is 14.0. The average molecular weight is 236 g/mol. The van der Waals surface area contributed by atoms with E-state index < -0.39 is 0 Å². The summed E-state index contributed by atoms with van der Waals surface area (Å²) in [7, 11) is 0. The molecule has 0 spiro atoms. The van der Waals surface area contributed by atoms with Gasteiger partial charge in [-0.25, -0.2) is 4.98 Å². The summed E-state index contributed by atoms with van der Waals surface area (Å²) in [6.07, 6.45) is 5.16. The molecule has 2 aromatic heterocycles. The molecule has 3 heteroatoms. The van der Waals surface area contributed by atoms with Gasteiger partial charge in [0, 0.05) is 18.2 Å². The van der Waals surface area contributed by atoms with Crippen molar-refractivity contribution in [2.24, 2.45) is 0 Å². The van der Waals surface area contributed by atoms with E-state index >= 15 is 0 Å². The maximum absolute atomic E-state index is 10.6. The monoisotopic (exact) mass is 236 g/mol. The SMILES string of the molecule is O=CCc1ccc2cnc(-c3ccccc3)n2c1. The van der Waals surface area contributed by atoms with Crippen LogP contribution in [0.2, 0.25) is 0 Å². The van der Waals surface area contributed by atoms with Crippen molar-refractivity contribution in [2.75, 3.05) is 0 Å². The maximum atomic E-state index is 10.6. The number of fused-ring (bicyclic) bond motifs is 1. The van der Waals surface area contributed by atoms with Crippen molar-refractivity contribution in [1.29, 1.82) is 0 Å². The third kappa shape index (κ3) is 1.80. The van der Waals surface area contributed by atoms with Gasteiger partial charge in [0.1, 0.15) is 12.1 Å². The van der Waals surface area contributed by atoms with Gasteiger partial charge in [-0.2, -0.15) is 0 Å². The van der Waals surface area contributed by atoms with Crippen LogP contribution >= 0.6 is 0 Å². The minimum absolute atomic E-state index is 0.433. The first-order valence-corrected chi connectivity index (χ1v) is 5.83. The van der Waals surface area contributed by atoms with Crippen LogP contribution in [-0.2, 0) is 11.2 Å². The molecule has 3 nitrogen and oxygen atoms in total. The van der Waals surface area contributed by atoms with Crippen LogP contribution < -0.4 is 0 Å². The van der Waals surface area contributed by atoms with E-state index in [1.165, 1.54) is 0 Å². The molecule has 2 heterocycles. The molecule has 0 bridgehead atoms. The van der Waals surface area contributed by atoms with Gasteiger partial charge >= 0.3 is 0 Å². The highest BCUT2D eigenvalue weighted by Crippen LogP contribution is 2.19. The summed E-state index contributed by atoms with van der Waals surface area (Å²) in [5.74, 6) is 0.901. The zero-order chi connectivity index (χ0) is 12.4. The first kappa shape index (κ1) is 10.7. The number of hydrogen-bond donors (Lipinski definition) is 0. The van der Waals surface area contributed by atoms with Crippen molar-refractivity contribution >= 4 is 11.8 Å². The Kier molecular flexibility index (Phi) is 2.65. The number of rotatable bonds is 3. The molecule has 1 aromatic carbocycles. The number of benzene rings is 1. The van der Waals surface area contributed by atoms with E-state index in [0.717, 1.165) is 28.8 Å². The molecule has 88 valence electrons. The molecule has 0 aliphatic rings. The Labute approximate surface area is 105 Å². The Bertz CT molecular complexity index is 686. The van der Waals surface area contributed by atoms with Gasteiger partial charge in [-0.05, 0) is 11.6 Å². The molecule has 0 saturated heterocycles. The lowest BCUT2D eigenvalue weighted by Crippen LogP contribution is -1.93. The molecule has 0 saturated carbocycles. The normalized spacial score (nSPS) is 10.7. The minimum atomic E-state index is 0.433. The first-order chi connectivity index (χ1) is 8.88. The molecule has 0 radical (unpaired) electrons. The summed E-state index contributed by atoms with van der Waals surface area (Å²) in [5, 5.41) is 0. The van der Waals surface area contributed by atoms with E-state index in [-0.39, 0.29) is 0 Å². The third-order valence-electron chi connectivity index (χ3n) is 2.94. The first-order valence-electron chi connectivity index (χ1n) is 5.83. The van der Waals surface area contributed by atoms with E-state index in [2.05, 4.69) is 4.98 Å². The lowest BCUT2D eigenvalue weighted by atomic mass is 10.2. The number of imidazole rings is 1. The summed E-state index contributed by atoms with van der Waals surface area (Å²) in [6.45, 7) is 0. The summed E-state index contributed by atoms with van der Waals surface area (Å²) in [5.41, 5.74) is 3.09. The average Bonchev–Trinajstić information content (AvgIpc) is 2.83. The highest BCUT2D eigenvalue weighted by atomic mass is 16.1. The second-order valence-electron chi connectivity index (χ2n) is 4.15. The molecule has 3 aromatic rings. The number of aromatic nitrogens is 2. The summed E-state index contributed by atoms with van der Waals surface area (Å²) >= 11 is 0. The van der Waals surface area contributed by atoms with E-state index in [0.29, 0.717) is 6.42 Å². The van der Waals surface area contributed by atoms with Gasteiger partial charge in [0.2, 0.25) is 0 Å². The van der Waals surface area contributed by atoms with Crippen molar-refractivity contribution in [2.45, 2.75) is 6.42 Å². The van der Waals surface area contributed by atoms with Crippen molar-refractivity contribution in [3.8, 4) is 11.4 Å². The van der Waals surface area contributed by atoms with E-state index in [4.69, 9.17) is 0 Å². The second-order valence-corrected chi connectivity index (χ2v) is 4.15. The molecule has 0 unspecified atom stereocenters. The van der Waals surface area contributed by atoms with Crippen LogP contribution in [0.3, 0.4) is 0 Å². The van der Waals surface area contributed by atoms with E-state index in [9.17, 15) is 4.79 Å². The van der Waals surface area contributed by atoms with Crippen LogP contribution in [0.15, 0.2) is 54.9 Å². The van der Waals surface area contributed by atoms with E-state index in [1.54, 1.807) is 0 Å². The van der Waals surface area contributed by atoms with Crippen LogP contribution in [0, 0.1) is 0 Å². The number of hydrogen-bond acceptors (Lipinski definition) is 2. The maximum Gasteiger partial charge on any atom is 0.144 e. The van der Waals surface area contributed by atoms with Crippen molar-refractivity contribution in [1.82, 2.24) is 9.38 Å². The van der Waals surface area contributed by atoms with Gasteiger partial charge in [-0.15, -0.1) is 0 Å². The van der Waals surface area contributed by atoms with Crippen molar-refractivity contribution in [3.05, 3.63) is 60.4 Å². The van der Waals surface area contributed by atoms with Gasteiger partial charge in [-0.3, -0.25) is 4.40 Å². The Hall–Kier alpha value is -2.42. The highest BCUT2D eigenvalue weighted by molar-refractivity contribution is 5.63. The van der Waals surface area contributed by atoms with Crippen LogP contribution in [0.4, 0.5) is 0 Å². The van der Waals surface area contributed by atoms with E-state index in [1.807, 2.05) is 59.3 Å². The molecule has 0 aliphatic carbocycles. The predicted octanol–water partition coefficient (Wildman–Crippen LogP) is 2.74. The van der Waals surface area contributed by atoms with Crippen LogP contribution in [0.25, 0.3) is 16.9 Å². The van der Waals surface area contributed by atoms with Gasteiger partial charge in [0.25, 0.3) is 0 Å². The zero-order valence-corrected chi connectivity index (χ0v) is 9.78. The molecular weight excluding hydrogens is 224 g/mol. The Morgan fingerprint density at radius 2 is 1.94 bits per heavy atom. The number of pyridine rings is 1. The standard InChI is InChI=1S/C15H12N2O/c18-9-8-12-6-7-14-10-16-15(17(14)11-12)13-4-2-1-3-5-13/h1-7,9-11H,8H2. The van der Waals surface area contributed by atoms with Crippen molar-refractivity contribution in [3.63, 3.8) is 0 Å². The quantitative estimate of drug-likeness (QED) is 0.655. The molecule has 0 amide bonds. The van der Waals surface area contributed by atoms with Crippen LogP contribution in [0.1, 0.15) is 5.56 Å². The van der Waals surface area contributed by atoms with Crippen molar-refractivity contribution < 1.29 is 4.79 Å². The number of nitrogens with zero attached hydrogens (tertiary/aromatic N) is 2. The Balaban J connectivity index is 2.18. The molecular formula is C15H12N2O. The Morgan fingerprint density at radius 1 is 1.11 bits per heavy atom.